The highest BCUT2D eigenvalue weighted by Gasteiger charge is 2.16. The zero-order valence-corrected chi connectivity index (χ0v) is 19.4. The minimum Gasteiger partial charge on any atom is -0.310 e. The number of aromatic amines is 1. The van der Waals surface area contributed by atoms with E-state index in [1.54, 1.807) is 10.6 Å². The summed E-state index contributed by atoms with van der Waals surface area (Å²) in [7, 11) is 0. The van der Waals surface area contributed by atoms with Gasteiger partial charge in [0.1, 0.15) is 5.82 Å². The number of thioether (sulfide) groups is 1. The van der Waals surface area contributed by atoms with Gasteiger partial charge in [-0.25, -0.2) is 19.9 Å². The molecule has 0 bridgehead atoms. The van der Waals surface area contributed by atoms with E-state index in [0.29, 0.717) is 29.9 Å². The fraction of sp³-hybridized carbons (Fsp3) is 0.273. The number of aryl methyl sites for hydroxylation is 4. The lowest BCUT2D eigenvalue weighted by molar-refractivity contribution is -0.113. The highest BCUT2D eigenvalue weighted by Crippen LogP contribution is 2.18. The fourth-order valence-electron chi connectivity index (χ4n) is 3.35. The van der Waals surface area contributed by atoms with Gasteiger partial charge in [-0.2, -0.15) is 9.78 Å². The molecule has 0 atom stereocenters. The van der Waals surface area contributed by atoms with Crippen LogP contribution in [0.5, 0.6) is 0 Å². The molecule has 0 saturated heterocycles. The maximum atomic E-state index is 12.7. The number of hydrogen-bond acceptors (Lipinski definition) is 7. The molecule has 0 spiro atoms. The van der Waals surface area contributed by atoms with E-state index in [1.165, 1.54) is 16.4 Å². The molecule has 3 aromatic heterocycles. The first kappa shape index (κ1) is 22.5. The molecule has 33 heavy (non-hydrogen) atoms. The molecule has 2 N–H and O–H groups in total. The monoisotopic (exact) mass is 464 g/mol. The minimum absolute atomic E-state index is 0.0769. The van der Waals surface area contributed by atoms with Crippen LogP contribution in [0, 0.1) is 20.8 Å². The van der Waals surface area contributed by atoms with Crippen LogP contribution in [0.15, 0.2) is 52.4 Å². The van der Waals surface area contributed by atoms with Crippen molar-refractivity contribution in [3.63, 3.8) is 0 Å². The lowest BCUT2D eigenvalue weighted by atomic mass is 10.1. The summed E-state index contributed by atoms with van der Waals surface area (Å²) in [6, 6.07) is 13.5. The molecule has 0 radical (unpaired) electrons. The predicted molar refractivity (Wildman–Crippen MR) is 126 cm³/mol. The molecule has 0 aliphatic rings. The molecule has 1 aromatic carbocycles. The summed E-state index contributed by atoms with van der Waals surface area (Å²) in [6.45, 7) is 6.06. The Morgan fingerprint density at radius 3 is 2.52 bits per heavy atom. The van der Waals surface area contributed by atoms with Crippen LogP contribution in [-0.4, -0.2) is 46.2 Å². The number of hydrogen-bond donors (Lipinski definition) is 2. The minimum atomic E-state index is -0.297. The Morgan fingerprint density at radius 1 is 1.06 bits per heavy atom. The molecular weight excluding hydrogens is 440 g/mol. The van der Waals surface area contributed by atoms with Crippen molar-refractivity contribution in [3.8, 4) is 5.95 Å². The molecule has 0 saturated carbocycles. The highest BCUT2D eigenvalue weighted by molar-refractivity contribution is 7.99. The molecule has 1 amide bonds. The largest absolute Gasteiger partial charge is 0.343 e. The van der Waals surface area contributed by atoms with Crippen molar-refractivity contribution >= 4 is 23.5 Å². The van der Waals surface area contributed by atoms with E-state index < -0.39 is 0 Å². The molecule has 0 unspecified atom stereocenters. The predicted octanol–water partition coefficient (Wildman–Crippen LogP) is 2.45. The Bertz CT molecular complexity index is 1310. The van der Waals surface area contributed by atoms with Crippen molar-refractivity contribution in [2.24, 2.45) is 0 Å². The standard InChI is InChI=1S/C22H24N8O2S/c1-14-11-15(2)24-20(23-14)30-18(12-16(3)28-30)25-19(31)13-33-22-27-26-21(32)29(22)10-9-17-7-5-4-6-8-17/h4-8,11-12H,9-10,13H2,1-3H3,(H,25,31)(H,26,32). The van der Waals surface area contributed by atoms with Gasteiger partial charge in [0.25, 0.3) is 5.95 Å². The van der Waals surface area contributed by atoms with Crippen molar-refractivity contribution in [2.45, 2.75) is 38.9 Å². The van der Waals surface area contributed by atoms with Gasteiger partial charge in [0.2, 0.25) is 5.91 Å². The number of rotatable bonds is 8. The average molecular weight is 465 g/mol. The third-order valence-electron chi connectivity index (χ3n) is 4.78. The Balaban J connectivity index is 1.42. The molecule has 0 aliphatic carbocycles. The van der Waals surface area contributed by atoms with E-state index in [-0.39, 0.29) is 17.3 Å². The number of carbonyl (C=O) groups excluding carboxylic acids is 1. The maximum Gasteiger partial charge on any atom is 0.343 e. The Kier molecular flexibility index (Phi) is 6.68. The van der Waals surface area contributed by atoms with E-state index in [4.69, 9.17) is 0 Å². The first-order valence-corrected chi connectivity index (χ1v) is 11.4. The van der Waals surface area contributed by atoms with Crippen LogP contribution in [0.1, 0.15) is 22.6 Å². The first-order valence-electron chi connectivity index (χ1n) is 10.4. The van der Waals surface area contributed by atoms with Gasteiger partial charge in [0, 0.05) is 24.0 Å². The Labute approximate surface area is 194 Å². The van der Waals surface area contributed by atoms with Crippen molar-refractivity contribution in [3.05, 3.63) is 75.6 Å². The number of H-pyrrole nitrogens is 1. The SMILES string of the molecule is Cc1cc(C)nc(-n2nc(C)cc2NC(=O)CSc2n[nH]c(=O)n2CCc2ccccc2)n1. The molecule has 3 heterocycles. The van der Waals surface area contributed by atoms with Crippen LogP contribution in [0.4, 0.5) is 5.82 Å². The van der Waals surface area contributed by atoms with Gasteiger partial charge in [-0.05, 0) is 38.8 Å². The molecule has 4 aromatic rings. The third-order valence-corrected chi connectivity index (χ3v) is 5.76. The normalized spacial score (nSPS) is 11.0. The quantitative estimate of drug-likeness (QED) is 0.384. The van der Waals surface area contributed by atoms with Gasteiger partial charge in [0.15, 0.2) is 5.16 Å². The first-order chi connectivity index (χ1) is 15.9. The molecule has 0 fully saturated rings. The van der Waals surface area contributed by atoms with E-state index in [9.17, 15) is 9.59 Å². The van der Waals surface area contributed by atoms with Gasteiger partial charge < -0.3 is 5.32 Å². The van der Waals surface area contributed by atoms with Crippen LogP contribution in [0.2, 0.25) is 0 Å². The van der Waals surface area contributed by atoms with Crippen LogP contribution in [0.3, 0.4) is 0 Å². The number of anilines is 1. The van der Waals surface area contributed by atoms with E-state index in [2.05, 4.69) is 30.6 Å². The summed E-state index contributed by atoms with van der Waals surface area (Å²) in [6.07, 6.45) is 0.689. The van der Waals surface area contributed by atoms with E-state index in [0.717, 1.165) is 22.6 Å². The third kappa shape index (κ3) is 5.55. The summed E-state index contributed by atoms with van der Waals surface area (Å²) in [5, 5.41) is 14.3. The van der Waals surface area contributed by atoms with Crippen LogP contribution < -0.4 is 11.0 Å². The molecule has 170 valence electrons. The molecule has 0 aliphatic heterocycles. The van der Waals surface area contributed by atoms with Gasteiger partial charge in [-0.1, -0.05) is 42.1 Å². The van der Waals surface area contributed by atoms with Crippen molar-refractivity contribution in [2.75, 3.05) is 11.1 Å². The summed E-state index contributed by atoms with van der Waals surface area (Å²) >= 11 is 1.19. The lowest BCUT2D eigenvalue weighted by Gasteiger charge is -2.09. The van der Waals surface area contributed by atoms with Crippen molar-refractivity contribution in [1.82, 2.24) is 34.5 Å². The van der Waals surface area contributed by atoms with E-state index in [1.807, 2.05) is 57.2 Å². The molecule has 11 heteroatoms. The van der Waals surface area contributed by atoms with Crippen LogP contribution in [0.25, 0.3) is 5.95 Å². The molecular formula is C22H24N8O2S. The smallest absolute Gasteiger partial charge is 0.310 e. The summed E-state index contributed by atoms with van der Waals surface area (Å²) in [5.74, 6) is 0.695. The van der Waals surface area contributed by atoms with Gasteiger partial charge >= 0.3 is 5.69 Å². The molecule has 4 rings (SSSR count). The number of carbonyl (C=O) groups is 1. The van der Waals surface area contributed by atoms with Crippen molar-refractivity contribution in [1.29, 1.82) is 0 Å². The number of aromatic nitrogens is 7. The topological polar surface area (TPSA) is 123 Å². The zero-order valence-electron chi connectivity index (χ0n) is 18.6. The second kappa shape index (κ2) is 9.82. The summed E-state index contributed by atoms with van der Waals surface area (Å²) < 4.78 is 3.06. The number of nitrogens with one attached hydrogen (secondary N) is 2. The fourth-order valence-corrected chi connectivity index (χ4v) is 4.12. The zero-order chi connectivity index (χ0) is 23.4. The molecule has 10 nitrogen and oxygen atoms in total. The van der Waals surface area contributed by atoms with Gasteiger partial charge in [0.05, 0.1) is 11.4 Å². The highest BCUT2D eigenvalue weighted by atomic mass is 32.2. The van der Waals surface area contributed by atoms with Gasteiger partial charge in [-0.15, -0.1) is 5.10 Å². The summed E-state index contributed by atoms with van der Waals surface area (Å²) in [4.78, 5) is 33.7. The number of nitrogens with zero attached hydrogens (tertiary/aromatic N) is 6. The van der Waals surface area contributed by atoms with Gasteiger partial charge in [-0.3, -0.25) is 9.36 Å². The average Bonchev–Trinajstić information content (AvgIpc) is 3.32. The second-order valence-electron chi connectivity index (χ2n) is 7.57. The number of amides is 1. The van der Waals surface area contributed by atoms with Crippen LogP contribution in [-0.2, 0) is 17.8 Å². The Hall–Kier alpha value is -3.73. The maximum absolute atomic E-state index is 12.7. The Morgan fingerprint density at radius 2 is 1.79 bits per heavy atom. The lowest BCUT2D eigenvalue weighted by Crippen LogP contribution is -2.20. The summed E-state index contributed by atoms with van der Waals surface area (Å²) in [5.41, 5.74) is 3.17. The van der Waals surface area contributed by atoms with E-state index >= 15 is 0 Å². The van der Waals surface area contributed by atoms with Crippen molar-refractivity contribution < 1.29 is 4.79 Å². The van der Waals surface area contributed by atoms with Crippen LogP contribution >= 0.6 is 11.8 Å². The number of benzene rings is 1. The second-order valence-corrected chi connectivity index (χ2v) is 8.51.